The number of nitrogens with zero attached hydrogens (tertiary/aromatic N) is 1. The molecule has 7 nitrogen and oxygen atoms in total. The molecular formula is C29H41NO6. The Balaban J connectivity index is 1.33. The molecule has 36 heavy (non-hydrogen) atoms. The van der Waals surface area contributed by atoms with E-state index in [0.717, 1.165) is 42.6 Å². The number of hydrogen-bond donors (Lipinski definition) is 1. The molecule has 1 aromatic rings. The van der Waals surface area contributed by atoms with Crippen LogP contribution in [0.5, 0.6) is 5.75 Å². The van der Waals surface area contributed by atoms with Crippen LogP contribution in [0.15, 0.2) is 18.2 Å². The summed E-state index contributed by atoms with van der Waals surface area (Å²) in [6, 6.07) is 6.09. The van der Waals surface area contributed by atoms with Gasteiger partial charge in [-0.25, -0.2) is 4.79 Å². The zero-order chi connectivity index (χ0) is 25.8. The van der Waals surface area contributed by atoms with E-state index in [4.69, 9.17) is 14.2 Å². The number of aliphatic hydroxyl groups is 1. The predicted molar refractivity (Wildman–Crippen MR) is 135 cm³/mol. The molecule has 4 aliphatic rings. The molecule has 6 atom stereocenters. The maximum absolute atomic E-state index is 12.7. The van der Waals surface area contributed by atoms with Crippen molar-refractivity contribution in [2.24, 2.45) is 29.6 Å². The van der Waals surface area contributed by atoms with Crippen molar-refractivity contribution < 1.29 is 28.9 Å². The van der Waals surface area contributed by atoms with Crippen LogP contribution < -0.4 is 4.74 Å². The fraction of sp³-hybridized carbons (Fsp3) is 0.724. The van der Waals surface area contributed by atoms with Crippen LogP contribution in [0.25, 0.3) is 0 Å². The summed E-state index contributed by atoms with van der Waals surface area (Å²) in [5, 5.41) is 11.1. The molecule has 1 saturated heterocycles. The minimum absolute atomic E-state index is 0.0848. The van der Waals surface area contributed by atoms with Gasteiger partial charge in [-0.3, -0.25) is 4.79 Å². The van der Waals surface area contributed by atoms with Gasteiger partial charge in [0.15, 0.2) is 0 Å². The first-order valence-electron chi connectivity index (χ1n) is 13.6. The van der Waals surface area contributed by atoms with Gasteiger partial charge in [0.05, 0.1) is 19.1 Å². The number of likely N-dealkylation sites (tertiary alicyclic amines) is 1. The van der Waals surface area contributed by atoms with Gasteiger partial charge in [-0.05, 0) is 81.8 Å². The Bertz CT molecular complexity index is 984. The van der Waals surface area contributed by atoms with Crippen molar-refractivity contribution in [2.75, 3.05) is 20.2 Å². The third kappa shape index (κ3) is 4.96. The summed E-state index contributed by atoms with van der Waals surface area (Å²) in [6.07, 6.45) is 4.05. The van der Waals surface area contributed by atoms with Crippen LogP contribution in [0.3, 0.4) is 0 Å². The summed E-state index contributed by atoms with van der Waals surface area (Å²) >= 11 is 0. The molecule has 4 unspecified atom stereocenters. The lowest BCUT2D eigenvalue weighted by Gasteiger charge is -2.44. The first-order valence-corrected chi connectivity index (χ1v) is 13.6. The van der Waals surface area contributed by atoms with Crippen molar-refractivity contribution >= 4 is 12.1 Å². The van der Waals surface area contributed by atoms with Crippen molar-refractivity contribution in [3.05, 3.63) is 29.3 Å². The zero-order valence-electron chi connectivity index (χ0n) is 22.2. The summed E-state index contributed by atoms with van der Waals surface area (Å²) in [7, 11) is 1.45. The average Bonchev–Trinajstić information content (AvgIpc) is 3.61. The predicted octanol–water partition coefficient (Wildman–Crippen LogP) is 5.07. The molecule has 198 valence electrons. The first kappa shape index (κ1) is 25.4. The average molecular weight is 500 g/mol. The Morgan fingerprint density at radius 2 is 1.78 bits per heavy atom. The van der Waals surface area contributed by atoms with E-state index < -0.39 is 11.7 Å². The summed E-state index contributed by atoms with van der Waals surface area (Å²) in [5.74, 6) is 1.91. The molecular weight excluding hydrogens is 458 g/mol. The molecule has 2 saturated carbocycles. The topological polar surface area (TPSA) is 85.3 Å². The second-order valence-electron chi connectivity index (χ2n) is 12.4. The Morgan fingerprint density at radius 1 is 1.11 bits per heavy atom. The molecule has 2 heterocycles. The number of fused-ring (bicyclic) bond motifs is 3. The lowest BCUT2D eigenvalue weighted by Crippen LogP contribution is -2.51. The highest BCUT2D eigenvalue weighted by molar-refractivity contribution is 5.73. The van der Waals surface area contributed by atoms with E-state index in [1.54, 1.807) is 0 Å². The fourth-order valence-electron chi connectivity index (χ4n) is 7.03. The Morgan fingerprint density at radius 3 is 2.36 bits per heavy atom. The molecule has 2 aliphatic carbocycles. The third-order valence-electron chi connectivity index (χ3n) is 8.74. The molecule has 0 radical (unpaired) electrons. The van der Waals surface area contributed by atoms with Gasteiger partial charge in [-0.1, -0.05) is 19.1 Å². The third-order valence-corrected chi connectivity index (χ3v) is 8.74. The number of carbonyl (C=O) groups excluding carboxylic acids is 2. The number of carbonyl (C=O) groups is 2. The Labute approximate surface area is 214 Å². The molecule has 3 fully saturated rings. The van der Waals surface area contributed by atoms with E-state index in [1.807, 2.05) is 38.7 Å². The maximum Gasteiger partial charge on any atom is 0.410 e. The number of amides is 1. The summed E-state index contributed by atoms with van der Waals surface area (Å²) in [6.45, 7) is 9.00. The van der Waals surface area contributed by atoms with Crippen molar-refractivity contribution in [1.29, 1.82) is 0 Å². The minimum atomic E-state index is -0.575. The molecule has 1 amide bonds. The van der Waals surface area contributed by atoms with Gasteiger partial charge in [0.2, 0.25) is 0 Å². The van der Waals surface area contributed by atoms with Gasteiger partial charge in [-0.15, -0.1) is 0 Å². The van der Waals surface area contributed by atoms with Gasteiger partial charge >= 0.3 is 12.1 Å². The second-order valence-corrected chi connectivity index (χ2v) is 12.4. The van der Waals surface area contributed by atoms with Crippen LogP contribution >= 0.6 is 0 Å². The van der Waals surface area contributed by atoms with Gasteiger partial charge in [-0.2, -0.15) is 0 Å². The number of hydrogen-bond acceptors (Lipinski definition) is 6. The molecule has 0 spiro atoms. The van der Waals surface area contributed by atoms with Crippen LogP contribution in [-0.4, -0.2) is 54.0 Å². The minimum Gasteiger partial charge on any atom is -0.490 e. The zero-order valence-corrected chi connectivity index (χ0v) is 22.2. The van der Waals surface area contributed by atoms with Gasteiger partial charge in [0.1, 0.15) is 17.5 Å². The van der Waals surface area contributed by atoms with Crippen LogP contribution in [-0.2, 0) is 14.3 Å². The molecule has 1 N–H and O–H groups in total. The van der Waals surface area contributed by atoms with Crippen LogP contribution in [0.4, 0.5) is 4.79 Å². The smallest absolute Gasteiger partial charge is 0.410 e. The molecule has 0 aromatic heterocycles. The van der Waals surface area contributed by atoms with Gasteiger partial charge < -0.3 is 24.2 Å². The normalized spacial score (nSPS) is 31.2. The monoisotopic (exact) mass is 499 g/mol. The van der Waals surface area contributed by atoms with Crippen LogP contribution in [0.2, 0.25) is 0 Å². The van der Waals surface area contributed by atoms with Crippen molar-refractivity contribution in [3.8, 4) is 5.75 Å². The number of ether oxygens (including phenoxy) is 3. The highest BCUT2D eigenvalue weighted by Gasteiger charge is 2.50. The van der Waals surface area contributed by atoms with Crippen molar-refractivity contribution in [1.82, 2.24) is 4.90 Å². The largest absolute Gasteiger partial charge is 0.490 e. The molecule has 1 aromatic carbocycles. The molecule has 5 rings (SSSR count). The number of piperidine rings is 1. The van der Waals surface area contributed by atoms with E-state index >= 15 is 0 Å². The SMILES string of the molecule is COC(=O)[C@@H](C)[C@H](c1ccc2c(c1)OC(C1C3CCC1CN(C(=O)OC(C)(C)C)C3)CC2O)C1CC1. The second kappa shape index (κ2) is 9.55. The lowest BCUT2D eigenvalue weighted by atomic mass is 9.77. The Kier molecular flexibility index (Phi) is 6.73. The van der Waals surface area contributed by atoms with Crippen LogP contribution in [0.1, 0.15) is 82.9 Å². The van der Waals surface area contributed by atoms with E-state index in [9.17, 15) is 14.7 Å². The maximum atomic E-state index is 12.7. The molecule has 2 bridgehead atoms. The summed E-state index contributed by atoms with van der Waals surface area (Å²) in [4.78, 5) is 26.9. The van der Waals surface area contributed by atoms with E-state index in [0.29, 0.717) is 43.2 Å². The van der Waals surface area contributed by atoms with Crippen molar-refractivity contribution in [3.63, 3.8) is 0 Å². The quantitative estimate of drug-likeness (QED) is 0.570. The van der Waals surface area contributed by atoms with E-state index in [-0.39, 0.29) is 30.0 Å². The van der Waals surface area contributed by atoms with Gasteiger partial charge in [0, 0.05) is 31.0 Å². The Hall–Kier alpha value is -2.28. The number of rotatable bonds is 5. The number of benzene rings is 1. The summed E-state index contributed by atoms with van der Waals surface area (Å²) in [5.41, 5.74) is 1.41. The van der Waals surface area contributed by atoms with Crippen molar-refractivity contribution in [2.45, 2.75) is 83.5 Å². The standard InChI is InChI=1S/C29H41NO6/c1-16(27(32)34-5)25(17-6-7-17)18-10-11-21-22(31)13-24(35-23(21)12-18)26-19-8-9-20(26)15-30(14-19)28(33)36-29(2,3)4/h10-12,16-17,19-20,22,24-26,31H,6-9,13-15H2,1-5H3/t16-,19?,20?,22?,24?,25-,26?/m0/s1. The van der Waals surface area contributed by atoms with Gasteiger partial charge in [0.25, 0.3) is 0 Å². The number of aliphatic hydroxyl groups excluding tert-OH is 1. The highest BCUT2D eigenvalue weighted by atomic mass is 16.6. The lowest BCUT2D eigenvalue weighted by molar-refractivity contribution is -0.145. The van der Waals surface area contributed by atoms with E-state index in [1.165, 1.54) is 7.11 Å². The highest BCUT2D eigenvalue weighted by Crippen LogP contribution is 2.51. The summed E-state index contributed by atoms with van der Waals surface area (Å²) < 4.78 is 17.3. The van der Waals surface area contributed by atoms with Crippen LogP contribution in [0, 0.1) is 29.6 Å². The molecule has 7 heteroatoms. The number of esters is 1. The number of methoxy groups -OCH3 is 1. The van der Waals surface area contributed by atoms with E-state index in [2.05, 4.69) is 12.1 Å². The first-order chi connectivity index (χ1) is 17.1. The fourth-order valence-corrected chi connectivity index (χ4v) is 7.03. The molecule has 2 aliphatic heterocycles.